The number of hydrogen-bond acceptors (Lipinski definition) is 4. The molecule has 0 saturated heterocycles. The molecule has 0 atom stereocenters. The van der Waals surface area contributed by atoms with Gasteiger partial charge in [0.15, 0.2) is 0 Å². The summed E-state index contributed by atoms with van der Waals surface area (Å²) in [7, 11) is 0. The van der Waals surface area contributed by atoms with E-state index in [1.54, 1.807) is 6.92 Å². The summed E-state index contributed by atoms with van der Waals surface area (Å²) in [5.41, 5.74) is 7.35. The quantitative estimate of drug-likeness (QED) is 0.621. The zero-order valence-corrected chi connectivity index (χ0v) is 13.1. The summed E-state index contributed by atoms with van der Waals surface area (Å²) in [5.74, 6) is 0.407. The van der Waals surface area contributed by atoms with Crippen molar-refractivity contribution in [3.63, 3.8) is 0 Å². The molecule has 0 bridgehead atoms. The lowest BCUT2D eigenvalue weighted by Gasteiger charge is -2.07. The molecule has 2 rings (SSSR count). The monoisotopic (exact) mass is 288 g/mol. The number of anilines is 1. The van der Waals surface area contributed by atoms with Crippen molar-refractivity contribution >= 4 is 11.7 Å². The molecule has 2 N–H and O–H groups in total. The number of allylic oxidation sites excluding steroid dienone is 2. The van der Waals surface area contributed by atoms with Crippen LogP contribution in [0.25, 0.3) is 0 Å². The smallest absolute Gasteiger partial charge is 0.252 e. The highest BCUT2D eigenvalue weighted by Crippen LogP contribution is 2.27. The molecule has 0 amide bonds. The highest BCUT2D eigenvalue weighted by molar-refractivity contribution is 6.03. The number of H-pyrrole nitrogens is 1. The fourth-order valence-electron chi connectivity index (χ4n) is 2.64. The van der Waals surface area contributed by atoms with Crippen LogP contribution in [0.1, 0.15) is 58.1 Å². The molecular formula is C16H24N4O. The van der Waals surface area contributed by atoms with Crippen molar-refractivity contribution in [2.75, 3.05) is 5.43 Å². The minimum absolute atomic E-state index is 0.161. The van der Waals surface area contributed by atoms with E-state index in [1.165, 1.54) is 36.5 Å². The fraction of sp³-hybridized carbons (Fsp3) is 0.562. The van der Waals surface area contributed by atoms with Crippen molar-refractivity contribution in [2.45, 2.75) is 59.3 Å². The summed E-state index contributed by atoms with van der Waals surface area (Å²) in [6.07, 6.45) is 6.84. The largest absolute Gasteiger partial charge is 0.291 e. The molecule has 21 heavy (non-hydrogen) atoms. The van der Waals surface area contributed by atoms with E-state index < -0.39 is 0 Å². The molecular weight excluding hydrogens is 264 g/mol. The second-order valence-corrected chi connectivity index (χ2v) is 5.62. The average Bonchev–Trinajstić information content (AvgIpc) is 2.77. The normalized spacial score (nSPS) is 16.8. The average molecular weight is 288 g/mol. The number of nitrogens with zero attached hydrogens (tertiary/aromatic N) is 2. The Labute approximate surface area is 125 Å². The molecule has 1 aliphatic rings. The van der Waals surface area contributed by atoms with E-state index in [0.717, 1.165) is 25.0 Å². The van der Waals surface area contributed by atoms with Crippen LogP contribution < -0.4 is 11.0 Å². The number of hydrogen-bond donors (Lipinski definition) is 2. The van der Waals surface area contributed by atoms with Crippen LogP contribution in [0.4, 0.5) is 5.95 Å². The number of rotatable bonds is 6. The Bertz CT molecular complexity index is 613. The van der Waals surface area contributed by atoms with Gasteiger partial charge >= 0.3 is 0 Å². The number of aryl methyl sites for hydroxylation is 1. The Morgan fingerprint density at radius 1 is 1.33 bits per heavy atom. The Balaban J connectivity index is 2.07. The third-order valence-corrected chi connectivity index (χ3v) is 3.80. The first-order valence-electron chi connectivity index (χ1n) is 7.69. The second kappa shape index (κ2) is 7.20. The van der Waals surface area contributed by atoms with Gasteiger partial charge in [0.1, 0.15) is 0 Å². The van der Waals surface area contributed by atoms with Crippen molar-refractivity contribution in [1.82, 2.24) is 9.97 Å². The van der Waals surface area contributed by atoms with Crippen LogP contribution in [0, 0.1) is 6.92 Å². The van der Waals surface area contributed by atoms with Crippen LogP contribution >= 0.6 is 0 Å². The van der Waals surface area contributed by atoms with Gasteiger partial charge in [0.2, 0.25) is 5.95 Å². The number of unbranched alkanes of at least 4 members (excludes halogenated alkanes) is 2. The Kier molecular flexibility index (Phi) is 5.31. The van der Waals surface area contributed by atoms with Gasteiger partial charge in [-0.3, -0.25) is 9.78 Å². The molecule has 0 spiro atoms. The van der Waals surface area contributed by atoms with Crippen LogP contribution in [-0.2, 0) is 0 Å². The van der Waals surface area contributed by atoms with Crippen LogP contribution in [0.3, 0.4) is 0 Å². The highest BCUT2D eigenvalue weighted by atomic mass is 16.1. The number of hydrazone groups is 1. The molecule has 1 heterocycles. The summed E-state index contributed by atoms with van der Waals surface area (Å²) < 4.78 is 0. The van der Waals surface area contributed by atoms with E-state index in [4.69, 9.17) is 0 Å². The predicted molar refractivity (Wildman–Crippen MR) is 86.7 cm³/mol. The van der Waals surface area contributed by atoms with Crippen molar-refractivity contribution in [3.05, 3.63) is 33.3 Å². The summed E-state index contributed by atoms with van der Waals surface area (Å²) >= 11 is 0. The zero-order chi connectivity index (χ0) is 15.2. The van der Waals surface area contributed by atoms with Gasteiger partial charge in [0.05, 0.1) is 5.71 Å². The van der Waals surface area contributed by atoms with Gasteiger partial charge in [-0.1, -0.05) is 25.3 Å². The van der Waals surface area contributed by atoms with Crippen LogP contribution in [-0.4, -0.2) is 15.7 Å². The first-order chi connectivity index (χ1) is 10.1. The molecule has 0 unspecified atom stereocenters. The first kappa shape index (κ1) is 15.5. The molecule has 1 aromatic rings. The lowest BCUT2D eigenvalue weighted by molar-refractivity contribution is 0.720. The first-order valence-corrected chi connectivity index (χ1v) is 7.69. The molecule has 5 heteroatoms. The molecule has 1 aliphatic carbocycles. The van der Waals surface area contributed by atoms with Crippen molar-refractivity contribution < 1.29 is 0 Å². The fourth-order valence-corrected chi connectivity index (χ4v) is 2.64. The SMILES string of the molecule is CCCCCC1=C(C)CC/C1=N\Nc1nc(C)cc(=O)[nH]1. The molecule has 1 aromatic heterocycles. The number of nitrogens with one attached hydrogen (secondary N) is 2. The van der Waals surface area contributed by atoms with Crippen molar-refractivity contribution in [2.24, 2.45) is 5.10 Å². The molecule has 0 fully saturated rings. The Morgan fingerprint density at radius 2 is 2.14 bits per heavy atom. The van der Waals surface area contributed by atoms with E-state index in [9.17, 15) is 4.79 Å². The topological polar surface area (TPSA) is 70.1 Å². The maximum absolute atomic E-state index is 11.4. The minimum Gasteiger partial charge on any atom is -0.291 e. The highest BCUT2D eigenvalue weighted by Gasteiger charge is 2.18. The van der Waals surface area contributed by atoms with E-state index in [0.29, 0.717) is 11.6 Å². The Hall–Kier alpha value is -1.91. The van der Waals surface area contributed by atoms with E-state index in [1.807, 2.05) is 0 Å². The van der Waals surface area contributed by atoms with Gasteiger partial charge in [-0.05, 0) is 45.1 Å². The van der Waals surface area contributed by atoms with Gasteiger partial charge in [-0.15, -0.1) is 0 Å². The van der Waals surface area contributed by atoms with Crippen molar-refractivity contribution in [3.8, 4) is 0 Å². The molecule has 0 saturated carbocycles. The van der Waals surface area contributed by atoms with Crippen LogP contribution in [0.15, 0.2) is 27.1 Å². The van der Waals surface area contributed by atoms with Gasteiger partial charge < -0.3 is 0 Å². The van der Waals surface area contributed by atoms with Gasteiger partial charge in [0, 0.05) is 11.8 Å². The van der Waals surface area contributed by atoms with Gasteiger partial charge in [-0.2, -0.15) is 5.10 Å². The number of aromatic amines is 1. The third-order valence-electron chi connectivity index (χ3n) is 3.80. The molecule has 5 nitrogen and oxygen atoms in total. The van der Waals surface area contributed by atoms with Gasteiger partial charge in [-0.25, -0.2) is 10.4 Å². The molecule has 0 aromatic carbocycles. The minimum atomic E-state index is -0.161. The summed E-state index contributed by atoms with van der Waals surface area (Å²) in [6.45, 7) is 6.20. The number of aromatic nitrogens is 2. The predicted octanol–water partition coefficient (Wildman–Crippen LogP) is 3.54. The van der Waals surface area contributed by atoms with E-state index in [2.05, 4.69) is 34.3 Å². The Morgan fingerprint density at radius 3 is 2.86 bits per heavy atom. The summed E-state index contributed by atoms with van der Waals surface area (Å²) in [6, 6.07) is 1.47. The second-order valence-electron chi connectivity index (χ2n) is 5.62. The summed E-state index contributed by atoms with van der Waals surface area (Å²) in [5, 5.41) is 4.46. The lowest BCUT2D eigenvalue weighted by Crippen LogP contribution is -2.11. The maximum Gasteiger partial charge on any atom is 0.252 e. The summed E-state index contributed by atoms with van der Waals surface area (Å²) in [4.78, 5) is 18.3. The molecule has 0 radical (unpaired) electrons. The van der Waals surface area contributed by atoms with Crippen LogP contribution in [0.2, 0.25) is 0 Å². The third kappa shape index (κ3) is 4.28. The van der Waals surface area contributed by atoms with Crippen LogP contribution in [0.5, 0.6) is 0 Å². The molecule has 114 valence electrons. The lowest BCUT2D eigenvalue weighted by atomic mass is 10.0. The standard InChI is InChI=1S/C16H24N4O/c1-4-5-6-7-13-11(2)8-9-14(13)19-20-16-17-12(3)10-15(21)18-16/h10H,4-9H2,1-3H3,(H2,17,18,20,21)/b19-14+. The maximum atomic E-state index is 11.4. The zero-order valence-electron chi connectivity index (χ0n) is 13.1. The van der Waals surface area contributed by atoms with Gasteiger partial charge in [0.25, 0.3) is 5.56 Å². The van der Waals surface area contributed by atoms with E-state index in [-0.39, 0.29) is 5.56 Å². The molecule has 0 aliphatic heterocycles. The van der Waals surface area contributed by atoms with E-state index >= 15 is 0 Å². The van der Waals surface area contributed by atoms with Crippen molar-refractivity contribution in [1.29, 1.82) is 0 Å².